The first kappa shape index (κ1) is 20.3. The highest BCUT2D eigenvalue weighted by atomic mass is 19.1. The third-order valence-corrected chi connectivity index (χ3v) is 5.73. The summed E-state index contributed by atoms with van der Waals surface area (Å²) in [5.74, 6) is -0.793. The Morgan fingerprint density at radius 3 is 2.40 bits per heavy atom. The molecule has 0 unspecified atom stereocenters. The summed E-state index contributed by atoms with van der Waals surface area (Å²) in [6.45, 7) is 4.84. The Kier molecular flexibility index (Phi) is 6.24. The highest BCUT2D eigenvalue weighted by molar-refractivity contribution is 5.94. The first-order chi connectivity index (χ1) is 14.6. The van der Waals surface area contributed by atoms with Gasteiger partial charge in [-0.05, 0) is 54.7 Å². The second-order valence-electron chi connectivity index (χ2n) is 8.07. The van der Waals surface area contributed by atoms with Gasteiger partial charge in [0.2, 0.25) is 0 Å². The third-order valence-electron chi connectivity index (χ3n) is 5.73. The zero-order chi connectivity index (χ0) is 20.9. The van der Waals surface area contributed by atoms with Gasteiger partial charge in [-0.15, -0.1) is 0 Å². The monoisotopic (exact) mass is 402 g/mol. The number of piperidine rings is 1. The number of halogens is 1. The number of carbonyl (C=O) groups excluding carboxylic acids is 1. The topological polar surface area (TPSA) is 32.3 Å². The summed E-state index contributed by atoms with van der Waals surface area (Å²) in [6, 6.07) is 23.5. The van der Waals surface area contributed by atoms with E-state index in [1.54, 1.807) is 12.1 Å². The number of likely N-dealkylation sites (tertiary alicyclic amines) is 1. The van der Waals surface area contributed by atoms with E-state index >= 15 is 0 Å². The molecule has 0 spiro atoms. The van der Waals surface area contributed by atoms with Crippen LogP contribution in [0.25, 0.3) is 11.1 Å². The summed E-state index contributed by atoms with van der Waals surface area (Å²) < 4.78 is 13.8. The molecule has 0 aromatic heterocycles. The summed E-state index contributed by atoms with van der Waals surface area (Å²) in [7, 11) is 0. The fourth-order valence-corrected chi connectivity index (χ4v) is 4.08. The van der Waals surface area contributed by atoms with Crippen LogP contribution in [-0.4, -0.2) is 29.9 Å². The van der Waals surface area contributed by atoms with Crippen LogP contribution in [0.5, 0.6) is 0 Å². The molecular weight excluding hydrogens is 375 g/mol. The van der Waals surface area contributed by atoms with E-state index in [4.69, 9.17) is 0 Å². The van der Waals surface area contributed by atoms with Gasteiger partial charge < -0.3 is 5.32 Å². The predicted octanol–water partition coefficient (Wildman–Crippen LogP) is 5.20. The Morgan fingerprint density at radius 1 is 0.967 bits per heavy atom. The lowest BCUT2D eigenvalue weighted by Gasteiger charge is -2.32. The number of amides is 1. The van der Waals surface area contributed by atoms with Crippen LogP contribution in [0.15, 0.2) is 72.8 Å². The molecule has 3 nitrogen and oxygen atoms in total. The molecule has 3 aromatic carbocycles. The molecule has 1 N–H and O–H groups in total. The average Bonchev–Trinajstić information content (AvgIpc) is 2.76. The number of aryl methyl sites for hydroxylation is 1. The Hall–Kier alpha value is -2.98. The minimum atomic E-state index is -0.471. The van der Waals surface area contributed by atoms with Crippen LogP contribution in [-0.2, 0) is 6.54 Å². The van der Waals surface area contributed by atoms with Crippen LogP contribution in [0.4, 0.5) is 4.39 Å². The van der Waals surface area contributed by atoms with Gasteiger partial charge >= 0.3 is 0 Å². The van der Waals surface area contributed by atoms with Crippen molar-refractivity contribution in [2.45, 2.75) is 32.4 Å². The minimum Gasteiger partial charge on any atom is -0.349 e. The highest BCUT2D eigenvalue weighted by Crippen LogP contribution is 2.23. The van der Waals surface area contributed by atoms with E-state index in [1.165, 1.54) is 34.4 Å². The molecule has 1 amide bonds. The maximum absolute atomic E-state index is 13.8. The number of rotatable bonds is 5. The summed E-state index contributed by atoms with van der Waals surface area (Å²) in [5.41, 5.74) is 5.16. The molecule has 4 rings (SSSR count). The van der Waals surface area contributed by atoms with Crippen molar-refractivity contribution in [1.82, 2.24) is 10.2 Å². The van der Waals surface area contributed by atoms with Gasteiger partial charge in [-0.1, -0.05) is 60.2 Å². The van der Waals surface area contributed by atoms with E-state index in [9.17, 15) is 9.18 Å². The van der Waals surface area contributed by atoms with Gasteiger partial charge in [-0.25, -0.2) is 4.39 Å². The lowest BCUT2D eigenvalue weighted by molar-refractivity contribution is 0.0905. The second kappa shape index (κ2) is 9.23. The van der Waals surface area contributed by atoms with Crippen molar-refractivity contribution in [2.75, 3.05) is 13.1 Å². The Labute approximate surface area is 177 Å². The second-order valence-corrected chi connectivity index (χ2v) is 8.07. The van der Waals surface area contributed by atoms with Crippen molar-refractivity contribution in [1.29, 1.82) is 0 Å². The highest BCUT2D eigenvalue weighted by Gasteiger charge is 2.22. The first-order valence-corrected chi connectivity index (χ1v) is 10.5. The van der Waals surface area contributed by atoms with E-state index in [-0.39, 0.29) is 17.5 Å². The van der Waals surface area contributed by atoms with Crippen LogP contribution >= 0.6 is 0 Å². The summed E-state index contributed by atoms with van der Waals surface area (Å²) >= 11 is 0. The van der Waals surface area contributed by atoms with Gasteiger partial charge in [0, 0.05) is 25.7 Å². The van der Waals surface area contributed by atoms with Gasteiger partial charge in [-0.3, -0.25) is 9.69 Å². The molecule has 1 heterocycles. The van der Waals surface area contributed by atoms with Crippen molar-refractivity contribution >= 4 is 5.91 Å². The molecule has 1 fully saturated rings. The van der Waals surface area contributed by atoms with E-state index in [0.717, 1.165) is 32.5 Å². The van der Waals surface area contributed by atoms with Gasteiger partial charge in [0.25, 0.3) is 5.91 Å². The number of nitrogens with zero attached hydrogens (tertiary/aromatic N) is 1. The zero-order valence-electron chi connectivity index (χ0n) is 17.3. The van der Waals surface area contributed by atoms with Crippen LogP contribution in [0, 0.1) is 12.7 Å². The van der Waals surface area contributed by atoms with Crippen molar-refractivity contribution in [3.05, 3.63) is 95.3 Å². The number of hydrogen-bond donors (Lipinski definition) is 1. The lowest BCUT2D eigenvalue weighted by atomic mass is 10.00. The summed E-state index contributed by atoms with van der Waals surface area (Å²) in [5, 5.41) is 2.99. The predicted molar refractivity (Wildman–Crippen MR) is 119 cm³/mol. The molecule has 154 valence electrons. The fourth-order valence-electron chi connectivity index (χ4n) is 4.08. The smallest absolute Gasteiger partial charge is 0.254 e. The largest absolute Gasteiger partial charge is 0.349 e. The van der Waals surface area contributed by atoms with E-state index in [2.05, 4.69) is 65.7 Å². The summed E-state index contributed by atoms with van der Waals surface area (Å²) in [4.78, 5) is 14.8. The Morgan fingerprint density at radius 2 is 1.67 bits per heavy atom. The van der Waals surface area contributed by atoms with E-state index in [0.29, 0.717) is 0 Å². The zero-order valence-corrected chi connectivity index (χ0v) is 17.3. The first-order valence-electron chi connectivity index (χ1n) is 10.5. The standard InChI is InChI=1S/C26H27FN2O/c1-19-6-4-8-21(16-19)22-9-5-7-20(17-22)18-29-14-12-23(13-15-29)28-26(30)24-10-2-3-11-25(24)27/h2-11,16-17,23H,12-15,18H2,1H3,(H,28,30). The molecule has 1 aliphatic rings. The van der Waals surface area contributed by atoms with Gasteiger partial charge in [0.05, 0.1) is 5.56 Å². The van der Waals surface area contributed by atoms with Crippen LogP contribution in [0.3, 0.4) is 0 Å². The lowest BCUT2D eigenvalue weighted by Crippen LogP contribution is -2.44. The molecule has 4 heteroatoms. The van der Waals surface area contributed by atoms with Crippen molar-refractivity contribution < 1.29 is 9.18 Å². The molecular formula is C26H27FN2O. The molecule has 30 heavy (non-hydrogen) atoms. The number of benzene rings is 3. The molecule has 0 atom stereocenters. The van der Waals surface area contributed by atoms with Gasteiger partial charge in [0.15, 0.2) is 0 Å². The van der Waals surface area contributed by atoms with Gasteiger partial charge in [0.1, 0.15) is 5.82 Å². The Balaban J connectivity index is 1.32. The summed E-state index contributed by atoms with van der Waals surface area (Å²) in [6.07, 6.45) is 1.75. The molecule has 0 aliphatic carbocycles. The van der Waals surface area contributed by atoms with Gasteiger partial charge in [-0.2, -0.15) is 0 Å². The Bertz CT molecular complexity index is 1020. The van der Waals surface area contributed by atoms with Crippen LogP contribution in [0.1, 0.15) is 34.3 Å². The molecule has 1 aliphatic heterocycles. The molecule has 0 radical (unpaired) electrons. The minimum absolute atomic E-state index is 0.0898. The fraction of sp³-hybridized carbons (Fsp3) is 0.269. The molecule has 1 saturated heterocycles. The molecule has 0 saturated carbocycles. The number of nitrogens with one attached hydrogen (secondary N) is 1. The maximum Gasteiger partial charge on any atom is 0.254 e. The number of hydrogen-bond acceptors (Lipinski definition) is 2. The quantitative estimate of drug-likeness (QED) is 0.637. The van der Waals surface area contributed by atoms with Crippen molar-refractivity contribution in [3.63, 3.8) is 0 Å². The molecule has 3 aromatic rings. The third kappa shape index (κ3) is 4.95. The van der Waals surface area contributed by atoms with E-state index in [1.807, 2.05) is 0 Å². The van der Waals surface area contributed by atoms with Crippen molar-refractivity contribution in [2.24, 2.45) is 0 Å². The van der Waals surface area contributed by atoms with Crippen LogP contribution in [0.2, 0.25) is 0 Å². The SMILES string of the molecule is Cc1cccc(-c2cccc(CN3CCC(NC(=O)c4ccccc4F)CC3)c2)c1. The maximum atomic E-state index is 13.8. The van der Waals surface area contributed by atoms with Crippen LogP contribution < -0.4 is 5.32 Å². The average molecular weight is 403 g/mol. The number of carbonyl (C=O) groups is 1. The normalized spacial score (nSPS) is 15.1. The van der Waals surface area contributed by atoms with Crippen molar-refractivity contribution in [3.8, 4) is 11.1 Å². The van der Waals surface area contributed by atoms with E-state index < -0.39 is 5.82 Å². The molecule has 0 bridgehead atoms.